The molecule has 4 atom stereocenters. The Kier molecular flexibility index (Phi) is 11.4. The summed E-state index contributed by atoms with van der Waals surface area (Å²) in [6.45, 7) is 7.40. The summed E-state index contributed by atoms with van der Waals surface area (Å²) in [4.78, 5) is 48.3. The molecule has 0 radical (unpaired) electrons. The molecular weight excluding hydrogens is 823 g/mol. The Hall–Kier alpha value is -5.07. The SMILES string of the molecule is COc1ccc([Si](C)(C)[C@@H]2[C@@H](CC(=O)N(CCO)Cc3ccccc3)O[C@]3(C(=O)N(Cc4ccc(N5C(=O)CCc6ccccc65)cc4)c4ccc(Br)cc43)[C@H]2C)cc1. The van der Waals surface area contributed by atoms with E-state index in [9.17, 15) is 14.7 Å². The molecule has 8 rings (SSSR count). The Balaban J connectivity index is 1.15. The topological polar surface area (TPSA) is 99.6 Å². The van der Waals surface area contributed by atoms with Gasteiger partial charge in [-0.2, -0.15) is 0 Å². The van der Waals surface area contributed by atoms with E-state index in [1.807, 2.05) is 108 Å². The number of benzene rings is 5. The van der Waals surface area contributed by atoms with Crippen LogP contribution >= 0.6 is 15.9 Å². The van der Waals surface area contributed by atoms with E-state index in [0.717, 1.165) is 56.0 Å². The van der Waals surface area contributed by atoms with E-state index in [1.165, 1.54) is 5.19 Å². The highest BCUT2D eigenvalue weighted by molar-refractivity contribution is 9.10. The average Bonchev–Trinajstić information content (AvgIpc) is 3.66. The number of halogens is 1. The molecule has 1 N–H and O–H groups in total. The van der Waals surface area contributed by atoms with Gasteiger partial charge in [-0.1, -0.05) is 114 Å². The summed E-state index contributed by atoms with van der Waals surface area (Å²) < 4.78 is 13.6. The lowest BCUT2D eigenvalue weighted by atomic mass is 9.82. The Bertz CT molecular complexity index is 2360. The molecule has 1 fully saturated rings. The van der Waals surface area contributed by atoms with E-state index in [1.54, 1.807) is 16.9 Å². The molecule has 3 aliphatic heterocycles. The fourth-order valence-corrected chi connectivity index (χ4v) is 14.2. The molecule has 3 amide bonds. The van der Waals surface area contributed by atoms with Crippen LogP contribution in [0.3, 0.4) is 0 Å². The third-order valence-corrected chi connectivity index (χ3v) is 17.6. The van der Waals surface area contributed by atoms with Crippen molar-refractivity contribution in [2.75, 3.05) is 30.1 Å². The van der Waals surface area contributed by atoms with Crippen molar-refractivity contribution in [2.24, 2.45) is 5.92 Å². The van der Waals surface area contributed by atoms with E-state index in [2.05, 4.69) is 54.1 Å². The van der Waals surface area contributed by atoms with Gasteiger partial charge in [0.2, 0.25) is 11.8 Å². The first kappa shape index (κ1) is 40.7. The van der Waals surface area contributed by atoms with Crippen LogP contribution in [0.15, 0.2) is 126 Å². The molecule has 59 heavy (non-hydrogen) atoms. The summed E-state index contributed by atoms with van der Waals surface area (Å²) in [6, 6.07) is 39.8. The second kappa shape index (κ2) is 16.5. The van der Waals surface area contributed by atoms with Crippen molar-refractivity contribution >= 4 is 64.0 Å². The number of aliphatic hydroxyl groups excluding tert-OH is 1. The zero-order valence-electron chi connectivity index (χ0n) is 33.9. The molecule has 5 aromatic carbocycles. The monoisotopic (exact) mass is 871 g/mol. The van der Waals surface area contributed by atoms with Gasteiger partial charge in [0, 0.05) is 41.2 Å². The fraction of sp³-hybridized carbons (Fsp3) is 0.312. The zero-order valence-corrected chi connectivity index (χ0v) is 36.5. The van der Waals surface area contributed by atoms with Gasteiger partial charge in [0.05, 0.1) is 52.2 Å². The number of hydrogen-bond acceptors (Lipinski definition) is 6. The molecule has 0 unspecified atom stereocenters. The van der Waals surface area contributed by atoms with Crippen molar-refractivity contribution < 1.29 is 29.0 Å². The molecule has 5 aromatic rings. The number of anilines is 3. The van der Waals surface area contributed by atoms with Crippen LogP contribution in [-0.2, 0) is 44.2 Å². The molecule has 9 nitrogen and oxygen atoms in total. The highest BCUT2D eigenvalue weighted by Crippen LogP contribution is 2.60. The molecular formula is C48H50BrN3O6Si. The predicted octanol–water partition coefficient (Wildman–Crippen LogP) is 8.24. The second-order valence-corrected chi connectivity index (χ2v) is 22.1. The highest BCUT2D eigenvalue weighted by atomic mass is 79.9. The van der Waals surface area contributed by atoms with E-state index in [-0.39, 0.29) is 48.8 Å². The first-order valence-electron chi connectivity index (χ1n) is 20.3. The van der Waals surface area contributed by atoms with Crippen LogP contribution in [-0.4, -0.2) is 62.2 Å². The molecule has 0 bridgehead atoms. The van der Waals surface area contributed by atoms with Crippen LogP contribution in [0.5, 0.6) is 5.75 Å². The van der Waals surface area contributed by atoms with Crippen LogP contribution in [0.4, 0.5) is 17.1 Å². The first-order chi connectivity index (χ1) is 28.5. The molecule has 0 aliphatic carbocycles. The number of para-hydroxylation sites is 1. The van der Waals surface area contributed by atoms with Crippen LogP contribution in [0, 0.1) is 5.92 Å². The Morgan fingerprint density at radius 2 is 1.61 bits per heavy atom. The number of aliphatic hydroxyl groups is 1. The van der Waals surface area contributed by atoms with Gasteiger partial charge in [0.15, 0.2) is 5.60 Å². The minimum absolute atomic E-state index is 0.0586. The summed E-state index contributed by atoms with van der Waals surface area (Å²) in [5.41, 5.74) is 4.78. The summed E-state index contributed by atoms with van der Waals surface area (Å²) in [6.07, 6.45) is 0.652. The van der Waals surface area contributed by atoms with Gasteiger partial charge in [-0.05, 0) is 77.2 Å². The van der Waals surface area contributed by atoms with Crippen LogP contribution in [0.2, 0.25) is 18.6 Å². The number of hydrogen-bond donors (Lipinski definition) is 1. The summed E-state index contributed by atoms with van der Waals surface area (Å²) in [5.74, 6) is 0.233. The number of amides is 3. The van der Waals surface area contributed by atoms with E-state index >= 15 is 4.79 Å². The zero-order chi connectivity index (χ0) is 41.5. The molecule has 3 heterocycles. The van der Waals surface area contributed by atoms with Crippen molar-refractivity contribution in [3.8, 4) is 5.75 Å². The summed E-state index contributed by atoms with van der Waals surface area (Å²) >= 11 is 3.71. The van der Waals surface area contributed by atoms with Crippen molar-refractivity contribution in [3.63, 3.8) is 0 Å². The van der Waals surface area contributed by atoms with Crippen LogP contribution in [0.1, 0.15) is 42.0 Å². The van der Waals surface area contributed by atoms with Gasteiger partial charge in [-0.25, -0.2) is 0 Å². The summed E-state index contributed by atoms with van der Waals surface area (Å²) in [7, 11) is -0.873. The standard InChI is InChI=1S/C48H50BrN3O6Si/c1-32-46(59(3,4)39-22-20-38(57-2)21-23-39)43(29-45(55)50(26-27-53)30-33-10-6-5-7-11-33)58-48(32)40-28-36(49)17-24-42(40)51(47(48)56)31-34-14-18-37(19-15-34)52-41-13-9-8-12-35(41)16-25-44(52)54/h5-15,17-24,28,32,43,46,53H,16,25-27,29-31H2,1-4H3/t32-,43+,46-,48+/m0/s1. The Labute approximate surface area is 355 Å². The average molecular weight is 873 g/mol. The minimum atomic E-state index is -2.53. The van der Waals surface area contributed by atoms with Gasteiger partial charge in [0.1, 0.15) is 5.75 Å². The Morgan fingerprint density at radius 3 is 2.32 bits per heavy atom. The van der Waals surface area contributed by atoms with Gasteiger partial charge in [-0.15, -0.1) is 0 Å². The maximum atomic E-state index is 15.4. The highest BCUT2D eigenvalue weighted by Gasteiger charge is 2.66. The molecule has 304 valence electrons. The lowest BCUT2D eigenvalue weighted by Gasteiger charge is -2.37. The third-order valence-electron chi connectivity index (χ3n) is 12.7. The minimum Gasteiger partial charge on any atom is -0.497 e. The molecule has 1 saturated heterocycles. The molecule has 1 spiro atoms. The molecule has 0 saturated carbocycles. The second-order valence-electron chi connectivity index (χ2n) is 16.5. The normalized spacial score (nSPS) is 21.2. The Morgan fingerprint density at radius 1 is 0.898 bits per heavy atom. The van der Waals surface area contributed by atoms with Crippen molar-refractivity contribution in [1.82, 2.24) is 4.90 Å². The number of rotatable bonds is 12. The number of fused-ring (bicyclic) bond motifs is 3. The van der Waals surface area contributed by atoms with Gasteiger partial charge in [-0.3, -0.25) is 19.3 Å². The van der Waals surface area contributed by atoms with Crippen molar-refractivity contribution in [3.05, 3.63) is 148 Å². The number of carbonyl (C=O) groups excluding carboxylic acids is 3. The molecule has 0 aromatic heterocycles. The van der Waals surface area contributed by atoms with Gasteiger partial charge < -0.3 is 24.4 Å². The van der Waals surface area contributed by atoms with Gasteiger partial charge in [0.25, 0.3) is 5.91 Å². The van der Waals surface area contributed by atoms with Crippen molar-refractivity contribution in [1.29, 1.82) is 0 Å². The first-order valence-corrected chi connectivity index (χ1v) is 24.2. The maximum absolute atomic E-state index is 15.4. The molecule has 3 aliphatic rings. The smallest absolute Gasteiger partial charge is 0.264 e. The number of ether oxygens (including phenoxy) is 2. The predicted molar refractivity (Wildman–Crippen MR) is 237 cm³/mol. The quantitative estimate of drug-likeness (QED) is 0.127. The third kappa shape index (κ3) is 7.43. The number of aryl methyl sites for hydroxylation is 1. The van der Waals surface area contributed by atoms with Crippen LogP contribution in [0.25, 0.3) is 0 Å². The largest absolute Gasteiger partial charge is 0.497 e. The van der Waals surface area contributed by atoms with Crippen LogP contribution < -0.4 is 19.7 Å². The number of nitrogens with zero attached hydrogens (tertiary/aromatic N) is 3. The van der Waals surface area contributed by atoms with Gasteiger partial charge >= 0.3 is 0 Å². The fourth-order valence-electron chi connectivity index (χ4n) is 9.80. The van der Waals surface area contributed by atoms with E-state index in [0.29, 0.717) is 19.5 Å². The van der Waals surface area contributed by atoms with E-state index < -0.39 is 19.8 Å². The number of carbonyl (C=O) groups is 3. The summed E-state index contributed by atoms with van der Waals surface area (Å²) in [5, 5.41) is 11.2. The maximum Gasteiger partial charge on any atom is 0.264 e. The number of methoxy groups -OCH3 is 1. The lowest BCUT2D eigenvalue weighted by molar-refractivity contribution is -0.150. The van der Waals surface area contributed by atoms with E-state index in [4.69, 9.17) is 9.47 Å². The molecule has 11 heteroatoms. The van der Waals surface area contributed by atoms with Crippen molar-refractivity contribution in [2.45, 2.75) is 69.6 Å². The lowest BCUT2D eigenvalue weighted by Crippen LogP contribution is -2.52.